The van der Waals surface area contributed by atoms with Crippen LogP contribution in [0.5, 0.6) is 0 Å². The molecule has 1 aliphatic rings. The minimum Gasteiger partial charge on any atom is -0.478 e. The minimum atomic E-state index is -0.876. The van der Waals surface area contributed by atoms with E-state index in [1.165, 1.54) is 5.56 Å². The van der Waals surface area contributed by atoms with E-state index in [1.54, 1.807) is 24.6 Å². The van der Waals surface area contributed by atoms with Crippen molar-refractivity contribution in [2.45, 2.75) is 19.5 Å². The van der Waals surface area contributed by atoms with Gasteiger partial charge in [0, 0.05) is 25.2 Å². The van der Waals surface area contributed by atoms with Gasteiger partial charge in [-0.25, -0.2) is 4.79 Å². The molecule has 0 radical (unpaired) electrons. The molecular weight excluding hydrogens is 244 g/mol. The molecule has 1 N–H and O–H groups in total. The second-order valence-corrected chi connectivity index (χ2v) is 4.78. The molecule has 3 rings (SSSR count). The van der Waals surface area contributed by atoms with E-state index in [1.807, 2.05) is 6.07 Å². The third-order valence-electron chi connectivity index (χ3n) is 3.43. The lowest BCUT2D eigenvalue weighted by Gasteiger charge is -2.28. The number of aromatic carboxylic acids is 1. The number of carboxylic acid groups (broad SMARTS) is 1. The Morgan fingerprint density at radius 2 is 2.32 bits per heavy atom. The monoisotopic (exact) mass is 258 g/mol. The number of carboxylic acids is 1. The van der Waals surface area contributed by atoms with Gasteiger partial charge in [0.25, 0.3) is 0 Å². The highest BCUT2D eigenvalue weighted by atomic mass is 16.5. The van der Waals surface area contributed by atoms with Crippen LogP contribution in [0.1, 0.15) is 27.0 Å². The molecule has 0 bridgehead atoms. The largest absolute Gasteiger partial charge is 0.478 e. The number of hydrogen-bond donors (Lipinski definition) is 1. The molecule has 98 valence electrons. The van der Waals surface area contributed by atoms with Gasteiger partial charge in [-0.15, -0.1) is 0 Å². The number of carbonyl (C=O) groups is 1. The average molecular weight is 258 g/mol. The Morgan fingerprint density at radius 3 is 3.05 bits per heavy atom. The van der Waals surface area contributed by atoms with Crippen LogP contribution in [0.25, 0.3) is 0 Å². The van der Waals surface area contributed by atoms with Gasteiger partial charge in [0.2, 0.25) is 0 Å². The molecule has 0 spiro atoms. The van der Waals surface area contributed by atoms with Crippen LogP contribution in [0.4, 0.5) is 0 Å². The lowest BCUT2D eigenvalue weighted by Crippen LogP contribution is -2.30. The Labute approximate surface area is 110 Å². The summed E-state index contributed by atoms with van der Waals surface area (Å²) in [7, 11) is 0. The van der Waals surface area contributed by atoms with Crippen LogP contribution < -0.4 is 0 Å². The predicted molar refractivity (Wildman–Crippen MR) is 67.7 cm³/mol. The Balaban J connectivity index is 1.78. The van der Waals surface area contributed by atoms with Crippen molar-refractivity contribution in [3.05, 3.63) is 52.9 Å². The van der Waals surface area contributed by atoms with Crippen LogP contribution in [-0.4, -0.2) is 27.7 Å². The van der Waals surface area contributed by atoms with Crippen LogP contribution >= 0.6 is 0 Å². The Morgan fingerprint density at radius 1 is 1.42 bits per heavy atom. The van der Waals surface area contributed by atoms with Crippen LogP contribution in [0.15, 0.2) is 35.2 Å². The Hall–Kier alpha value is -2.14. The molecule has 5 heteroatoms. The van der Waals surface area contributed by atoms with Crippen LogP contribution in [0, 0.1) is 0 Å². The van der Waals surface area contributed by atoms with Crippen molar-refractivity contribution in [3.63, 3.8) is 0 Å². The van der Waals surface area contributed by atoms with Crippen LogP contribution in [-0.2, 0) is 19.5 Å². The van der Waals surface area contributed by atoms with Gasteiger partial charge < -0.3 is 9.63 Å². The lowest BCUT2D eigenvalue weighted by atomic mass is 9.97. The van der Waals surface area contributed by atoms with Gasteiger partial charge in [0.15, 0.2) is 0 Å². The van der Waals surface area contributed by atoms with Crippen LogP contribution in [0.2, 0.25) is 0 Å². The van der Waals surface area contributed by atoms with E-state index >= 15 is 0 Å². The molecule has 19 heavy (non-hydrogen) atoms. The topological polar surface area (TPSA) is 66.6 Å². The summed E-state index contributed by atoms with van der Waals surface area (Å²) in [6.45, 7) is 2.51. The van der Waals surface area contributed by atoms with Gasteiger partial charge in [-0.1, -0.05) is 11.2 Å². The van der Waals surface area contributed by atoms with Crippen molar-refractivity contribution < 1.29 is 14.4 Å². The number of aromatic nitrogens is 1. The van der Waals surface area contributed by atoms with Gasteiger partial charge in [-0.3, -0.25) is 4.90 Å². The third kappa shape index (κ3) is 2.51. The Kier molecular flexibility index (Phi) is 3.05. The fraction of sp³-hybridized carbons (Fsp3) is 0.286. The van der Waals surface area contributed by atoms with E-state index in [2.05, 4.69) is 10.1 Å². The zero-order valence-electron chi connectivity index (χ0n) is 10.4. The average Bonchev–Trinajstić information content (AvgIpc) is 2.90. The number of hydrogen-bond acceptors (Lipinski definition) is 4. The minimum absolute atomic E-state index is 0.352. The molecule has 1 aromatic carbocycles. The van der Waals surface area contributed by atoms with E-state index in [-0.39, 0.29) is 0 Å². The van der Waals surface area contributed by atoms with E-state index < -0.39 is 5.97 Å². The highest BCUT2D eigenvalue weighted by Crippen LogP contribution is 2.21. The fourth-order valence-electron chi connectivity index (χ4n) is 2.45. The number of rotatable bonds is 3. The number of benzene rings is 1. The molecule has 1 aromatic heterocycles. The van der Waals surface area contributed by atoms with Gasteiger partial charge in [-0.05, 0) is 29.7 Å². The summed E-state index contributed by atoms with van der Waals surface area (Å²) in [5.74, 6) is -0.876. The molecular formula is C14H14N2O3. The maximum Gasteiger partial charge on any atom is 0.335 e. The van der Waals surface area contributed by atoms with Gasteiger partial charge in [0.1, 0.15) is 6.26 Å². The third-order valence-corrected chi connectivity index (χ3v) is 3.43. The van der Waals surface area contributed by atoms with Crippen molar-refractivity contribution >= 4 is 5.97 Å². The summed E-state index contributed by atoms with van der Waals surface area (Å²) in [4.78, 5) is 13.3. The molecule has 5 nitrogen and oxygen atoms in total. The first kappa shape index (κ1) is 11.9. The molecule has 0 unspecified atom stereocenters. The SMILES string of the molecule is O=C(O)c1ccc2c(c1)CN(Cc1cnoc1)CC2. The van der Waals surface area contributed by atoms with Gasteiger partial charge >= 0.3 is 5.97 Å². The van der Waals surface area contributed by atoms with Crippen molar-refractivity contribution in [3.8, 4) is 0 Å². The van der Waals surface area contributed by atoms with E-state index in [0.717, 1.165) is 37.2 Å². The zero-order chi connectivity index (χ0) is 13.2. The zero-order valence-corrected chi connectivity index (χ0v) is 10.4. The summed E-state index contributed by atoms with van der Waals surface area (Å²) < 4.78 is 4.82. The molecule has 0 aliphatic carbocycles. The first-order chi connectivity index (χ1) is 9.22. The molecule has 0 saturated heterocycles. The maximum absolute atomic E-state index is 11.0. The van der Waals surface area contributed by atoms with E-state index in [9.17, 15) is 4.79 Å². The molecule has 0 saturated carbocycles. The predicted octanol–water partition coefficient (Wildman–Crippen LogP) is 1.93. The van der Waals surface area contributed by atoms with Crippen molar-refractivity contribution in [2.75, 3.05) is 6.54 Å². The second-order valence-electron chi connectivity index (χ2n) is 4.78. The first-order valence-corrected chi connectivity index (χ1v) is 6.18. The second kappa shape index (κ2) is 4.85. The highest BCUT2D eigenvalue weighted by molar-refractivity contribution is 5.87. The van der Waals surface area contributed by atoms with Crippen LogP contribution in [0.3, 0.4) is 0 Å². The molecule has 2 heterocycles. The summed E-state index contributed by atoms with van der Waals surface area (Å²) >= 11 is 0. The Bertz CT molecular complexity index is 593. The van der Waals surface area contributed by atoms with Crippen molar-refractivity contribution in [2.24, 2.45) is 0 Å². The summed E-state index contributed by atoms with van der Waals surface area (Å²) in [6, 6.07) is 5.38. The van der Waals surface area contributed by atoms with E-state index in [0.29, 0.717) is 5.56 Å². The fourth-order valence-corrected chi connectivity index (χ4v) is 2.45. The van der Waals surface area contributed by atoms with Crippen molar-refractivity contribution in [1.29, 1.82) is 0 Å². The first-order valence-electron chi connectivity index (χ1n) is 6.18. The molecule has 1 aliphatic heterocycles. The van der Waals surface area contributed by atoms with E-state index in [4.69, 9.17) is 9.63 Å². The summed E-state index contributed by atoms with van der Waals surface area (Å²) in [6.07, 6.45) is 4.30. The molecule has 0 amide bonds. The summed E-state index contributed by atoms with van der Waals surface area (Å²) in [5, 5.41) is 12.7. The lowest BCUT2D eigenvalue weighted by molar-refractivity contribution is 0.0696. The number of nitrogens with zero attached hydrogens (tertiary/aromatic N) is 2. The standard InChI is InChI=1S/C14H14N2O3/c17-14(18)12-2-1-11-3-4-16(8-13(11)5-12)7-10-6-15-19-9-10/h1-2,5-6,9H,3-4,7-8H2,(H,17,18). The van der Waals surface area contributed by atoms with Gasteiger partial charge in [0.05, 0.1) is 11.8 Å². The smallest absolute Gasteiger partial charge is 0.335 e. The van der Waals surface area contributed by atoms with Crippen molar-refractivity contribution in [1.82, 2.24) is 10.1 Å². The maximum atomic E-state index is 11.0. The highest BCUT2D eigenvalue weighted by Gasteiger charge is 2.18. The molecule has 0 fully saturated rings. The number of fused-ring (bicyclic) bond motifs is 1. The molecule has 2 aromatic rings. The molecule has 0 atom stereocenters. The van der Waals surface area contributed by atoms with Gasteiger partial charge in [-0.2, -0.15) is 0 Å². The quantitative estimate of drug-likeness (QED) is 0.911. The normalized spacial score (nSPS) is 15.2. The summed E-state index contributed by atoms with van der Waals surface area (Å²) in [5.41, 5.74) is 3.73.